The van der Waals surface area contributed by atoms with Gasteiger partial charge in [0, 0.05) is 24.9 Å². The predicted molar refractivity (Wildman–Crippen MR) is 122 cm³/mol. The van der Waals surface area contributed by atoms with Gasteiger partial charge < -0.3 is 36.5 Å². The smallest absolute Gasteiger partial charge is 0.326 e. The van der Waals surface area contributed by atoms with Crippen molar-refractivity contribution >= 4 is 41.4 Å². The molecule has 0 radical (unpaired) electrons. The van der Waals surface area contributed by atoms with Crippen LogP contribution in [-0.4, -0.2) is 97.5 Å². The van der Waals surface area contributed by atoms with Crippen LogP contribution in [0.4, 0.5) is 0 Å². The Morgan fingerprint density at radius 1 is 1.26 bits per heavy atom. The number of rotatable bonds is 13. The highest BCUT2D eigenvalue weighted by atomic mass is 32.2. The van der Waals surface area contributed by atoms with Crippen molar-refractivity contribution in [3.8, 4) is 0 Å². The van der Waals surface area contributed by atoms with Crippen LogP contribution in [0.2, 0.25) is 0 Å². The van der Waals surface area contributed by atoms with E-state index in [1.807, 2.05) is 6.26 Å². The summed E-state index contributed by atoms with van der Waals surface area (Å²) in [6.45, 7) is 0.234. The molecular weight excluding hydrogens is 468 g/mol. The Morgan fingerprint density at radius 3 is 2.59 bits per heavy atom. The van der Waals surface area contributed by atoms with Gasteiger partial charge in [0.15, 0.2) is 0 Å². The fraction of sp³-hybridized carbons (Fsp3) is 0.600. The molecule has 3 amide bonds. The van der Waals surface area contributed by atoms with E-state index in [1.165, 1.54) is 29.2 Å². The van der Waals surface area contributed by atoms with E-state index >= 15 is 0 Å². The number of nitrogens with two attached hydrogens (primary N) is 1. The first kappa shape index (κ1) is 27.1. The predicted octanol–water partition coefficient (Wildman–Crippen LogP) is -1.45. The summed E-state index contributed by atoms with van der Waals surface area (Å²) in [7, 11) is 0. The number of carbonyl (C=O) groups excluding carboxylic acids is 3. The zero-order valence-electron chi connectivity index (χ0n) is 18.7. The van der Waals surface area contributed by atoms with Gasteiger partial charge in [-0.2, -0.15) is 11.8 Å². The van der Waals surface area contributed by atoms with E-state index in [0.29, 0.717) is 24.3 Å². The summed E-state index contributed by atoms with van der Waals surface area (Å²) in [6, 6.07) is -4.46. The molecule has 2 heterocycles. The van der Waals surface area contributed by atoms with Crippen LogP contribution in [0, 0.1) is 0 Å². The number of imidazole rings is 1. The topological polar surface area (TPSA) is 208 Å². The van der Waals surface area contributed by atoms with Crippen LogP contribution >= 0.6 is 11.8 Å². The highest BCUT2D eigenvalue weighted by Crippen LogP contribution is 2.19. The number of carbonyl (C=O) groups is 5. The Labute approximate surface area is 200 Å². The molecule has 0 aliphatic carbocycles. The van der Waals surface area contributed by atoms with Gasteiger partial charge in [-0.3, -0.25) is 19.2 Å². The number of hydrogen-bond donors (Lipinski definition) is 6. The molecule has 0 bridgehead atoms. The number of thioether (sulfide) groups is 1. The number of likely N-dealkylation sites (tertiary alicyclic amines) is 1. The number of carboxylic acid groups (broad SMARTS) is 2. The van der Waals surface area contributed by atoms with Crippen LogP contribution < -0.4 is 16.4 Å². The lowest BCUT2D eigenvalue weighted by Gasteiger charge is -2.28. The number of carboxylic acids is 2. The zero-order valence-corrected chi connectivity index (χ0v) is 19.5. The molecule has 13 nitrogen and oxygen atoms in total. The molecule has 4 atom stereocenters. The molecular formula is C20H30N6O7S. The van der Waals surface area contributed by atoms with Crippen LogP contribution in [0.5, 0.6) is 0 Å². The average Bonchev–Trinajstić information content (AvgIpc) is 3.46. The molecule has 0 spiro atoms. The average molecular weight is 499 g/mol. The monoisotopic (exact) mass is 498 g/mol. The number of hydrogen-bond acceptors (Lipinski definition) is 8. The van der Waals surface area contributed by atoms with E-state index in [2.05, 4.69) is 20.6 Å². The van der Waals surface area contributed by atoms with E-state index in [0.717, 1.165) is 0 Å². The Bertz CT molecular complexity index is 881. The summed E-state index contributed by atoms with van der Waals surface area (Å²) in [4.78, 5) is 69.0. The molecule has 1 aromatic heterocycles. The maximum atomic E-state index is 13.1. The molecule has 7 N–H and O–H groups in total. The Morgan fingerprint density at radius 2 is 2.00 bits per heavy atom. The van der Waals surface area contributed by atoms with Crippen molar-refractivity contribution in [2.24, 2.45) is 5.73 Å². The van der Waals surface area contributed by atoms with Crippen molar-refractivity contribution in [1.82, 2.24) is 25.5 Å². The molecule has 2 rings (SSSR count). The lowest BCUT2D eigenvalue weighted by molar-refractivity contribution is -0.144. The van der Waals surface area contributed by atoms with Crippen LogP contribution in [0.1, 0.15) is 31.4 Å². The minimum atomic E-state index is -1.29. The van der Waals surface area contributed by atoms with Crippen LogP contribution in [0.15, 0.2) is 12.5 Å². The molecule has 14 heteroatoms. The molecule has 34 heavy (non-hydrogen) atoms. The van der Waals surface area contributed by atoms with Crippen molar-refractivity contribution in [2.45, 2.75) is 56.3 Å². The summed E-state index contributed by atoms with van der Waals surface area (Å²) in [6.07, 6.45) is 5.19. The number of H-pyrrole nitrogens is 1. The van der Waals surface area contributed by atoms with Gasteiger partial charge in [0.2, 0.25) is 17.7 Å². The van der Waals surface area contributed by atoms with Crippen molar-refractivity contribution in [2.75, 3.05) is 18.6 Å². The fourth-order valence-corrected chi connectivity index (χ4v) is 4.12. The lowest BCUT2D eigenvalue weighted by Crippen LogP contribution is -2.57. The van der Waals surface area contributed by atoms with Gasteiger partial charge in [-0.15, -0.1) is 0 Å². The maximum Gasteiger partial charge on any atom is 0.326 e. The Hall–Kier alpha value is -3.13. The van der Waals surface area contributed by atoms with Crippen LogP contribution in [0.25, 0.3) is 0 Å². The number of nitrogens with one attached hydrogen (secondary N) is 3. The third-order valence-electron chi connectivity index (χ3n) is 5.39. The number of amides is 3. The summed E-state index contributed by atoms with van der Waals surface area (Å²) >= 11 is 1.44. The molecule has 0 aromatic carbocycles. The molecule has 1 aliphatic rings. The molecule has 1 saturated heterocycles. The summed E-state index contributed by atoms with van der Waals surface area (Å²) < 4.78 is 0. The SMILES string of the molecule is CSCCC(NC(=O)C(Cc1cnc[nH]1)NC(=O)C1CCCN1C(=O)C(N)CC(=O)O)C(=O)O. The van der Waals surface area contributed by atoms with Gasteiger partial charge in [0.1, 0.15) is 18.1 Å². The Kier molecular flexibility index (Phi) is 10.3. The fourth-order valence-electron chi connectivity index (χ4n) is 3.65. The van der Waals surface area contributed by atoms with Crippen molar-refractivity contribution < 1.29 is 34.2 Å². The van der Waals surface area contributed by atoms with Crippen LogP contribution in [0.3, 0.4) is 0 Å². The molecule has 4 unspecified atom stereocenters. The first-order chi connectivity index (χ1) is 16.1. The molecule has 1 aromatic rings. The first-order valence-corrected chi connectivity index (χ1v) is 12.1. The number of aromatic nitrogens is 2. The largest absolute Gasteiger partial charge is 0.481 e. The minimum absolute atomic E-state index is 0.0195. The molecule has 1 aliphatic heterocycles. The quantitative estimate of drug-likeness (QED) is 0.186. The standard InChI is InChI=1S/C20H30N6O7S/c1-34-6-4-13(20(32)33)24-17(29)14(7-11-9-22-10-23-11)25-18(30)15-3-2-5-26(15)19(31)12(21)8-16(27)28/h9-10,12-15H,2-8,21H2,1H3,(H,22,23)(H,24,29)(H,25,30)(H,27,28)(H,32,33). The summed E-state index contributed by atoms with van der Waals surface area (Å²) in [5.74, 6) is -3.85. The highest BCUT2D eigenvalue weighted by Gasteiger charge is 2.38. The van der Waals surface area contributed by atoms with Gasteiger partial charge in [0.05, 0.1) is 18.8 Å². The second-order valence-electron chi connectivity index (χ2n) is 7.92. The number of aromatic amines is 1. The molecule has 1 fully saturated rings. The van der Waals surface area contributed by atoms with Gasteiger partial charge in [0.25, 0.3) is 0 Å². The summed E-state index contributed by atoms with van der Waals surface area (Å²) in [5, 5.41) is 23.4. The first-order valence-electron chi connectivity index (χ1n) is 10.7. The van der Waals surface area contributed by atoms with Crippen molar-refractivity contribution in [3.63, 3.8) is 0 Å². The molecule has 0 saturated carbocycles. The van der Waals surface area contributed by atoms with E-state index in [-0.39, 0.29) is 19.4 Å². The van der Waals surface area contributed by atoms with E-state index < -0.39 is 60.2 Å². The highest BCUT2D eigenvalue weighted by molar-refractivity contribution is 7.98. The second kappa shape index (κ2) is 12.9. The van der Waals surface area contributed by atoms with Crippen molar-refractivity contribution in [1.29, 1.82) is 0 Å². The lowest BCUT2D eigenvalue weighted by atomic mass is 10.1. The third kappa shape index (κ3) is 7.73. The summed E-state index contributed by atoms with van der Waals surface area (Å²) in [5.41, 5.74) is 6.23. The van der Waals surface area contributed by atoms with E-state index in [4.69, 9.17) is 10.8 Å². The minimum Gasteiger partial charge on any atom is -0.481 e. The van der Waals surface area contributed by atoms with E-state index in [9.17, 15) is 29.1 Å². The second-order valence-corrected chi connectivity index (χ2v) is 8.90. The van der Waals surface area contributed by atoms with Gasteiger partial charge >= 0.3 is 11.9 Å². The van der Waals surface area contributed by atoms with Gasteiger partial charge in [-0.05, 0) is 31.3 Å². The Balaban J connectivity index is 2.14. The van der Waals surface area contributed by atoms with Gasteiger partial charge in [-0.1, -0.05) is 0 Å². The van der Waals surface area contributed by atoms with Crippen molar-refractivity contribution in [3.05, 3.63) is 18.2 Å². The molecule has 188 valence electrons. The normalized spacial score (nSPS) is 18.1. The third-order valence-corrected chi connectivity index (χ3v) is 6.03. The maximum absolute atomic E-state index is 13.1. The zero-order chi connectivity index (χ0) is 25.3. The van der Waals surface area contributed by atoms with Crippen LogP contribution in [-0.2, 0) is 30.4 Å². The number of aliphatic carboxylic acids is 2. The number of nitrogens with zero attached hydrogens (tertiary/aromatic N) is 2. The van der Waals surface area contributed by atoms with Gasteiger partial charge in [-0.25, -0.2) is 9.78 Å². The van der Waals surface area contributed by atoms with E-state index in [1.54, 1.807) is 0 Å².